The highest BCUT2D eigenvalue weighted by Gasteiger charge is 2.51. The van der Waals surface area contributed by atoms with Crippen LogP contribution >= 0.6 is 0 Å². The van der Waals surface area contributed by atoms with Crippen molar-refractivity contribution in [2.45, 2.75) is 447 Å². The molecule has 0 aromatic heterocycles. The van der Waals surface area contributed by atoms with E-state index in [2.05, 4.69) is 79.9 Å². The van der Waals surface area contributed by atoms with Gasteiger partial charge in [-0.3, -0.25) is 4.79 Å². The number of ether oxygens (including phenoxy) is 4. The molecule has 2 aliphatic rings. The normalized spacial score (nSPS) is 22.3. The van der Waals surface area contributed by atoms with E-state index < -0.39 is 86.8 Å². The van der Waals surface area contributed by atoms with E-state index in [-0.39, 0.29) is 12.5 Å². The maximum Gasteiger partial charge on any atom is 0.220 e. The highest BCUT2D eigenvalue weighted by molar-refractivity contribution is 5.76. The third kappa shape index (κ3) is 50.2. The van der Waals surface area contributed by atoms with Crippen molar-refractivity contribution >= 4 is 5.91 Å². The number of carbonyl (C=O) groups excluding carboxylic acids is 1. The van der Waals surface area contributed by atoms with Crippen LogP contribution in [0.4, 0.5) is 0 Å². The van der Waals surface area contributed by atoms with Gasteiger partial charge in [-0.2, -0.15) is 0 Å². The summed E-state index contributed by atoms with van der Waals surface area (Å²) in [5.74, 6) is -0.200. The van der Waals surface area contributed by atoms with Crippen molar-refractivity contribution in [2.24, 2.45) is 0 Å². The van der Waals surface area contributed by atoms with Crippen molar-refractivity contribution in [3.8, 4) is 0 Å². The van der Waals surface area contributed by atoms with E-state index in [9.17, 15) is 45.6 Å². The van der Waals surface area contributed by atoms with Crippen LogP contribution in [0.1, 0.15) is 373 Å². The van der Waals surface area contributed by atoms with Gasteiger partial charge in [0.1, 0.15) is 48.8 Å². The lowest BCUT2D eigenvalue weighted by Crippen LogP contribution is -2.65. The first-order valence-electron chi connectivity index (χ1n) is 41.5. The predicted molar refractivity (Wildman–Crippen MR) is 406 cm³/mol. The van der Waals surface area contributed by atoms with Crippen LogP contribution in [0.15, 0.2) is 60.8 Å². The molecule has 14 nitrogen and oxygen atoms in total. The number of aliphatic hydroxyl groups excluding tert-OH is 8. The fourth-order valence-corrected chi connectivity index (χ4v) is 13.7. The van der Waals surface area contributed by atoms with Crippen LogP contribution in [-0.2, 0) is 23.7 Å². The number of carbonyl (C=O) groups is 1. The van der Waals surface area contributed by atoms with E-state index in [1.807, 2.05) is 0 Å². The molecule has 9 N–H and O–H groups in total. The molecule has 0 aliphatic carbocycles. The Bertz CT molecular complexity index is 1880. The zero-order valence-electron chi connectivity index (χ0n) is 63.0. The molecule has 0 spiro atoms. The Morgan fingerprint density at radius 1 is 0.378 bits per heavy atom. The first kappa shape index (κ1) is 91.8. The summed E-state index contributed by atoms with van der Waals surface area (Å²) in [5, 5.41) is 87.9. The molecule has 2 rings (SSSR count). The molecule has 0 saturated carbocycles. The summed E-state index contributed by atoms with van der Waals surface area (Å²) in [5.41, 5.74) is 0. The monoisotopic (exact) mass is 1390 g/mol. The van der Waals surface area contributed by atoms with Gasteiger partial charge in [-0.1, -0.05) is 370 Å². The first-order valence-corrected chi connectivity index (χ1v) is 41.5. The Hall–Kier alpha value is -2.31. The SMILES string of the molecule is CC/C=C\C/C=C\C/C=C\C/C=C\C/C=C\CCCCCCCCCCCCCCCCCCCCCC(=O)NC(COC1OC(CO)C(OC2OC(CO)C(O)C(O)C2O)C(O)C1O)C(O)CCCCCCCCCCCCCCCCCCCCCCCCCCCCCCC. The molecule has 98 heavy (non-hydrogen) atoms. The van der Waals surface area contributed by atoms with Crippen LogP contribution in [-0.4, -0.2) is 140 Å². The smallest absolute Gasteiger partial charge is 0.220 e. The molecular weight excluding hydrogens is 1230 g/mol. The molecule has 0 bridgehead atoms. The van der Waals surface area contributed by atoms with Crippen molar-refractivity contribution in [1.82, 2.24) is 5.32 Å². The molecule has 574 valence electrons. The minimum absolute atomic E-state index is 0.200. The molecule has 0 radical (unpaired) electrons. The summed E-state index contributed by atoms with van der Waals surface area (Å²) in [6.45, 7) is 2.81. The quantitative estimate of drug-likeness (QED) is 0.0204. The van der Waals surface area contributed by atoms with Crippen molar-refractivity contribution in [3.63, 3.8) is 0 Å². The molecular formula is C84H155NO13. The Morgan fingerprint density at radius 2 is 0.704 bits per heavy atom. The largest absolute Gasteiger partial charge is 0.394 e. The van der Waals surface area contributed by atoms with Crippen molar-refractivity contribution < 1.29 is 64.6 Å². The number of unbranched alkanes of at least 4 members (excludes halogenated alkanes) is 47. The van der Waals surface area contributed by atoms with Gasteiger partial charge in [0, 0.05) is 6.42 Å². The van der Waals surface area contributed by atoms with Crippen molar-refractivity contribution in [1.29, 1.82) is 0 Å². The van der Waals surface area contributed by atoms with Crippen LogP contribution < -0.4 is 5.32 Å². The minimum Gasteiger partial charge on any atom is -0.394 e. The van der Waals surface area contributed by atoms with E-state index in [4.69, 9.17) is 18.9 Å². The summed E-state index contributed by atoms with van der Waals surface area (Å²) in [7, 11) is 0. The minimum atomic E-state index is -1.78. The van der Waals surface area contributed by atoms with E-state index in [0.717, 1.165) is 83.5 Å². The third-order valence-corrected chi connectivity index (χ3v) is 20.2. The van der Waals surface area contributed by atoms with Gasteiger partial charge in [0.05, 0.1) is 32.0 Å². The molecule has 2 fully saturated rings. The molecule has 2 saturated heterocycles. The number of allylic oxidation sites excluding steroid dienone is 10. The molecule has 0 aromatic rings. The second-order valence-electron chi connectivity index (χ2n) is 29.2. The number of rotatable bonds is 70. The third-order valence-electron chi connectivity index (χ3n) is 20.2. The number of hydrogen-bond donors (Lipinski definition) is 9. The van der Waals surface area contributed by atoms with E-state index in [1.54, 1.807) is 0 Å². The van der Waals surface area contributed by atoms with Gasteiger partial charge < -0.3 is 65.1 Å². The van der Waals surface area contributed by atoms with Crippen LogP contribution in [0.5, 0.6) is 0 Å². The molecule has 0 aromatic carbocycles. The van der Waals surface area contributed by atoms with Crippen LogP contribution in [0, 0.1) is 0 Å². The summed E-state index contributed by atoms with van der Waals surface area (Å²) < 4.78 is 23.0. The average Bonchev–Trinajstić information content (AvgIpc) is 0.797. The zero-order valence-corrected chi connectivity index (χ0v) is 63.0. The lowest BCUT2D eigenvalue weighted by Gasteiger charge is -2.46. The average molecular weight is 1390 g/mol. The predicted octanol–water partition coefficient (Wildman–Crippen LogP) is 19.1. The Balaban J connectivity index is 1.59. The van der Waals surface area contributed by atoms with Gasteiger partial charge in [0.15, 0.2) is 12.6 Å². The Morgan fingerprint density at radius 3 is 1.08 bits per heavy atom. The summed E-state index contributed by atoms with van der Waals surface area (Å²) in [4.78, 5) is 13.4. The van der Waals surface area contributed by atoms with Crippen LogP contribution in [0.25, 0.3) is 0 Å². The van der Waals surface area contributed by atoms with Crippen LogP contribution in [0.2, 0.25) is 0 Å². The van der Waals surface area contributed by atoms with Gasteiger partial charge in [0.25, 0.3) is 0 Å². The number of nitrogens with one attached hydrogen (secondary N) is 1. The number of aliphatic hydroxyl groups is 8. The Kier molecular flexibility index (Phi) is 63.5. The molecule has 14 heteroatoms. The first-order chi connectivity index (χ1) is 48.1. The second kappa shape index (κ2) is 67.8. The molecule has 12 atom stereocenters. The van der Waals surface area contributed by atoms with E-state index >= 15 is 0 Å². The molecule has 1 amide bonds. The highest BCUT2D eigenvalue weighted by atomic mass is 16.7. The molecule has 2 heterocycles. The van der Waals surface area contributed by atoms with Gasteiger partial charge in [-0.25, -0.2) is 0 Å². The maximum atomic E-state index is 13.4. The summed E-state index contributed by atoms with van der Waals surface area (Å²) in [6, 6.07) is -0.831. The van der Waals surface area contributed by atoms with Gasteiger partial charge >= 0.3 is 0 Å². The molecule has 2 aliphatic heterocycles. The lowest BCUT2D eigenvalue weighted by atomic mass is 9.97. The number of amides is 1. The number of hydrogen-bond acceptors (Lipinski definition) is 13. The topological polar surface area (TPSA) is 228 Å². The van der Waals surface area contributed by atoms with Crippen molar-refractivity contribution in [3.05, 3.63) is 60.8 Å². The zero-order chi connectivity index (χ0) is 70.8. The maximum absolute atomic E-state index is 13.4. The lowest BCUT2D eigenvalue weighted by molar-refractivity contribution is -0.359. The summed E-state index contributed by atoms with van der Waals surface area (Å²) >= 11 is 0. The fourth-order valence-electron chi connectivity index (χ4n) is 13.7. The fraction of sp³-hybridized carbons (Fsp3) is 0.869. The second-order valence-corrected chi connectivity index (χ2v) is 29.2. The van der Waals surface area contributed by atoms with E-state index in [0.29, 0.717) is 12.8 Å². The summed E-state index contributed by atoms with van der Waals surface area (Å²) in [6.07, 6.45) is 75.5. The van der Waals surface area contributed by atoms with Gasteiger partial charge in [-0.15, -0.1) is 0 Å². The Labute approximate surface area is 600 Å². The van der Waals surface area contributed by atoms with Crippen molar-refractivity contribution in [2.75, 3.05) is 19.8 Å². The standard InChI is InChI=1S/C84H155NO13/c1-3-5-7-9-11-13-15-17-19-21-23-25-27-29-31-33-34-35-36-37-38-40-42-44-46-48-50-52-54-56-58-60-62-64-66-68-76(89)85-72(71-95-83-81(94)79(92)82(75(70-87)97-83)98-84-80(93)78(91)77(90)74(69-86)96-84)73(88)67-65-63-61-59-57-55-53-51-49-47-45-43-41-39-32-30-28-26-24-22-20-18-16-14-12-10-8-6-4-2/h5,7,11,13,17,19,23,25,29,31,72-75,77-84,86-88,90-94H,3-4,6,8-10,12,14-16,18,20-22,24,26-28,30,32-71H2,1-2H3,(H,85,89)/b7-5-,13-11-,19-17-,25-23-,31-29-. The van der Waals surface area contributed by atoms with Gasteiger partial charge in [0.2, 0.25) is 5.91 Å². The van der Waals surface area contributed by atoms with Gasteiger partial charge in [-0.05, 0) is 57.8 Å². The highest BCUT2D eigenvalue weighted by Crippen LogP contribution is 2.30. The van der Waals surface area contributed by atoms with E-state index in [1.165, 1.54) is 263 Å². The van der Waals surface area contributed by atoms with Crippen LogP contribution in [0.3, 0.4) is 0 Å². The molecule has 12 unspecified atom stereocenters.